The number of aliphatic hydroxyl groups excluding tert-OH is 1. The number of benzene rings is 2. The first-order valence-electron chi connectivity index (χ1n) is 10.8. The van der Waals surface area contributed by atoms with Crippen LogP contribution in [0.3, 0.4) is 0 Å². The van der Waals surface area contributed by atoms with Crippen molar-refractivity contribution in [3.05, 3.63) is 85.1 Å². The Labute approximate surface area is 195 Å². The van der Waals surface area contributed by atoms with Crippen molar-refractivity contribution in [2.24, 2.45) is 0 Å². The molecule has 1 fully saturated rings. The molecule has 7 nitrogen and oxygen atoms in total. The highest BCUT2D eigenvalue weighted by Crippen LogP contribution is 2.36. The van der Waals surface area contributed by atoms with Crippen LogP contribution in [0.4, 0.5) is 4.39 Å². The van der Waals surface area contributed by atoms with Crippen LogP contribution >= 0.6 is 0 Å². The number of ether oxygens (including phenoxy) is 1. The largest absolute Gasteiger partial charge is 0.458 e. The lowest BCUT2D eigenvalue weighted by atomic mass is 10.1. The van der Waals surface area contributed by atoms with Crippen LogP contribution in [0.1, 0.15) is 12.8 Å². The summed E-state index contributed by atoms with van der Waals surface area (Å²) in [5.74, 6) is -0.157. The van der Waals surface area contributed by atoms with Gasteiger partial charge in [-0.05, 0) is 36.4 Å². The molecule has 2 aromatic carbocycles. The van der Waals surface area contributed by atoms with E-state index in [-0.39, 0.29) is 12.2 Å². The third-order valence-electron chi connectivity index (χ3n) is 5.52. The molecule has 0 spiro atoms. The Morgan fingerprint density at radius 2 is 1.85 bits per heavy atom. The van der Waals surface area contributed by atoms with Gasteiger partial charge in [0.1, 0.15) is 29.8 Å². The molecule has 2 aromatic heterocycles. The lowest BCUT2D eigenvalue weighted by Gasteiger charge is -2.23. The molecule has 170 valence electrons. The van der Waals surface area contributed by atoms with Crippen LogP contribution < -0.4 is 0 Å². The molecule has 0 bridgehead atoms. The first-order valence-corrected chi connectivity index (χ1v) is 10.8. The second-order valence-electron chi connectivity index (χ2n) is 7.93. The van der Waals surface area contributed by atoms with Crippen LogP contribution in [0.5, 0.6) is 0 Å². The van der Waals surface area contributed by atoms with Crippen molar-refractivity contribution in [3.63, 3.8) is 0 Å². The standard InChI is InChI=1S/C26H21FN4O3/c27-19-8-6-17(7-9-19)25-24(22-10-12-28-16-29-22)30-26(18-4-2-1-3-5-18)31(25)13-11-21-14-20(32)15-23(33)34-21/h1-13,16,20-21,32H,14-15H2/b13-11+/t20-,21-/m1/s1. The van der Waals surface area contributed by atoms with Gasteiger partial charge in [0, 0.05) is 29.9 Å². The molecule has 0 radical (unpaired) electrons. The summed E-state index contributed by atoms with van der Waals surface area (Å²) in [5, 5.41) is 9.99. The first-order chi connectivity index (χ1) is 16.6. The quantitative estimate of drug-likeness (QED) is 0.449. The average molecular weight is 456 g/mol. The molecule has 1 saturated heterocycles. The van der Waals surface area contributed by atoms with Crippen LogP contribution in [0, 0.1) is 5.82 Å². The van der Waals surface area contributed by atoms with Gasteiger partial charge in [-0.15, -0.1) is 0 Å². The minimum absolute atomic E-state index is 0.0105. The van der Waals surface area contributed by atoms with E-state index < -0.39 is 18.2 Å². The molecule has 1 N–H and O–H groups in total. The summed E-state index contributed by atoms with van der Waals surface area (Å²) >= 11 is 0. The second kappa shape index (κ2) is 9.36. The lowest BCUT2D eigenvalue weighted by Crippen LogP contribution is -2.31. The average Bonchev–Trinajstić information content (AvgIpc) is 3.23. The summed E-state index contributed by atoms with van der Waals surface area (Å²) in [6, 6.07) is 17.5. The lowest BCUT2D eigenvalue weighted by molar-refractivity contribution is -0.156. The van der Waals surface area contributed by atoms with E-state index in [0.717, 1.165) is 11.1 Å². The molecule has 4 aromatic rings. The zero-order valence-corrected chi connectivity index (χ0v) is 18.1. The fourth-order valence-corrected chi connectivity index (χ4v) is 3.97. The highest BCUT2D eigenvalue weighted by atomic mass is 19.1. The molecule has 0 saturated carbocycles. The molecule has 1 aliphatic rings. The molecular formula is C26H21FN4O3. The number of rotatable bonds is 5. The Hall–Kier alpha value is -4.17. The molecule has 8 heteroatoms. The number of halogens is 1. The van der Waals surface area contributed by atoms with Gasteiger partial charge in [-0.25, -0.2) is 19.3 Å². The molecule has 0 amide bonds. The number of aromatic nitrogens is 4. The maximum Gasteiger partial charge on any atom is 0.309 e. The zero-order valence-electron chi connectivity index (χ0n) is 18.1. The number of aliphatic hydroxyl groups is 1. The van der Waals surface area contributed by atoms with Crippen molar-refractivity contribution in [1.82, 2.24) is 19.5 Å². The van der Waals surface area contributed by atoms with Crippen LogP contribution in [0.25, 0.3) is 40.2 Å². The summed E-state index contributed by atoms with van der Waals surface area (Å²) < 4.78 is 21.0. The van der Waals surface area contributed by atoms with Crippen LogP contribution in [0.15, 0.2) is 79.3 Å². The van der Waals surface area contributed by atoms with Gasteiger partial charge in [0.15, 0.2) is 0 Å². The smallest absolute Gasteiger partial charge is 0.309 e. The Kier molecular flexibility index (Phi) is 5.97. The van der Waals surface area contributed by atoms with Gasteiger partial charge in [0.25, 0.3) is 0 Å². The normalized spacial score (nSPS) is 18.2. The first kappa shape index (κ1) is 21.7. The zero-order chi connectivity index (χ0) is 23.5. The van der Waals surface area contributed by atoms with Gasteiger partial charge in [-0.1, -0.05) is 30.3 Å². The monoisotopic (exact) mass is 456 g/mol. The van der Waals surface area contributed by atoms with Crippen molar-refractivity contribution in [2.75, 3.05) is 0 Å². The molecular weight excluding hydrogens is 435 g/mol. The van der Waals surface area contributed by atoms with Crippen molar-refractivity contribution >= 4 is 12.2 Å². The fourth-order valence-electron chi connectivity index (χ4n) is 3.97. The summed E-state index contributed by atoms with van der Waals surface area (Å²) in [6.45, 7) is 0. The van der Waals surface area contributed by atoms with Gasteiger partial charge >= 0.3 is 5.97 Å². The van der Waals surface area contributed by atoms with E-state index in [9.17, 15) is 14.3 Å². The third-order valence-corrected chi connectivity index (χ3v) is 5.52. The highest BCUT2D eigenvalue weighted by Gasteiger charge is 2.26. The number of cyclic esters (lactones) is 1. The van der Waals surface area contributed by atoms with E-state index in [2.05, 4.69) is 9.97 Å². The van der Waals surface area contributed by atoms with Crippen molar-refractivity contribution in [1.29, 1.82) is 0 Å². The maximum absolute atomic E-state index is 13.7. The Morgan fingerprint density at radius 1 is 1.06 bits per heavy atom. The van der Waals surface area contributed by atoms with E-state index in [0.29, 0.717) is 29.3 Å². The summed E-state index contributed by atoms with van der Waals surface area (Å²) in [6.07, 6.45) is 5.55. The summed E-state index contributed by atoms with van der Waals surface area (Å²) in [5.41, 5.74) is 3.49. The number of carbonyl (C=O) groups excluding carboxylic acids is 1. The van der Waals surface area contributed by atoms with Crippen molar-refractivity contribution in [2.45, 2.75) is 25.0 Å². The Balaban J connectivity index is 1.71. The third kappa shape index (κ3) is 4.49. The number of nitrogens with zero attached hydrogens (tertiary/aromatic N) is 4. The van der Waals surface area contributed by atoms with E-state index >= 15 is 0 Å². The van der Waals surface area contributed by atoms with Gasteiger partial charge in [0.2, 0.25) is 0 Å². The molecule has 0 aliphatic carbocycles. The Morgan fingerprint density at radius 3 is 2.56 bits per heavy atom. The van der Waals surface area contributed by atoms with E-state index in [1.807, 2.05) is 34.9 Å². The maximum atomic E-state index is 13.7. The molecule has 5 rings (SSSR count). The Bertz CT molecular complexity index is 1320. The van der Waals surface area contributed by atoms with Crippen LogP contribution in [0.2, 0.25) is 0 Å². The predicted octanol–water partition coefficient (Wildman–Crippen LogP) is 4.35. The van der Waals surface area contributed by atoms with E-state index in [1.54, 1.807) is 36.7 Å². The van der Waals surface area contributed by atoms with Crippen LogP contribution in [-0.2, 0) is 9.53 Å². The molecule has 2 atom stereocenters. The molecule has 34 heavy (non-hydrogen) atoms. The van der Waals surface area contributed by atoms with Gasteiger partial charge in [-0.3, -0.25) is 9.36 Å². The summed E-state index contributed by atoms with van der Waals surface area (Å²) in [4.78, 5) is 25.1. The van der Waals surface area contributed by atoms with Gasteiger partial charge < -0.3 is 9.84 Å². The SMILES string of the molecule is O=C1C[C@H](O)C[C@@H](/C=C/n2c(-c3ccccc3)nc(-c3ccncn3)c2-c2ccc(F)cc2)O1. The highest BCUT2D eigenvalue weighted by molar-refractivity contribution is 5.82. The van der Waals surface area contributed by atoms with Crippen molar-refractivity contribution in [3.8, 4) is 34.0 Å². The number of esters is 1. The minimum atomic E-state index is -0.750. The summed E-state index contributed by atoms with van der Waals surface area (Å²) in [7, 11) is 0. The number of hydrogen-bond acceptors (Lipinski definition) is 6. The second-order valence-corrected chi connectivity index (χ2v) is 7.93. The number of hydrogen-bond donors (Lipinski definition) is 1. The van der Waals surface area contributed by atoms with E-state index in [1.165, 1.54) is 18.5 Å². The number of imidazole rings is 1. The fraction of sp³-hybridized carbons (Fsp3) is 0.154. The molecule has 0 unspecified atom stereocenters. The number of carbonyl (C=O) groups is 1. The minimum Gasteiger partial charge on any atom is -0.458 e. The van der Waals surface area contributed by atoms with Gasteiger partial charge in [-0.2, -0.15) is 0 Å². The topological polar surface area (TPSA) is 90.1 Å². The van der Waals surface area contributed by atoms with Crippen molar-refractivity contribution < 1.29 is 19.0 Å². The van der Waals surface area contributed by atoms with Gasteiger partial charge in [0.05, 0.1) is 23.9 Å². The van der Waals surface area contributed by atoms with Crippen LogP contribution in [-0.4, -0.2) is 42.8 Å². The molecule has 1 aliphatic heterocycles. The predicted molar refractivity (Wildman–Crippen MR) is 125 cm³/mol. The van der Waals surface area contributed by atoms with E-state index in [4.69, 9.17) is 9.72 Å². The molecule has 3 heterocycles.